The van der Waals surface area contributed by atoms with Gasteiger partial charge < -0.3 is 24.6 Å². The minimum Gasteiger partial charge on any atom is -0.485 e. The fourth-order valence-corrected chi connectivity index (χ4v) is 3.07. The summed E-state index contributed by atoms with van der Waals surface area (Å²) in [6.07, 6.45) is 10.1. The molecule has 32 heavy (non-hydrogen) atoms. The second kappa shape index (κ2) is 13.8. The van der Waals surface area contributed by atoms with Gasteiger partial charge in [0.2, 0.25) is 0 Å². The van der Waals surface area contributed by atoms with Crippen molar-refractivity contribution in [1.29, 1.82) is 0 Å². The number of carbonyl (C=O) groups excluding carboxylic acids is 1. The van der Waals surface area contributed by atoms with Gasteiger partial charge in [0.25, 0.3) is 5.91 Å². The Kier molecular flexibility index (Phi) is 11.1. The molecule has 1 amide bonds. The predicted octanol–water partition coefficient (Wildman–Crippen LogP) is 4.37. The molecular weight excluding hydrogens is 461 g/mol. The van der Waals surface area contributed by atoms with Crippen molar-refractivity contribution in [3.8, 4) is 11.5 Å². The summed E-state index contributed by atoms with van der Waals surface area (Å²) < 4.78 is 36.9. The summed E-state index contributed by atoms with van der Waals surface area (Å²) in [5.41, 5.74) is 0.125. The number of halogens is 2. The van der Waals surface area contributed by atoms with Gasteiger partial charge >= 0.3 is 0 Å². The Bertz CT molecular complexity index is 931. The van der Waals surface area contributed by atoms with E-state index in [4.69, 9.17) is 9.47 Å². The standard InChI is InChI=1S/C21H23F2N2O5PS/c1-32-8-7-24-14-25-21(26)15-9-17(11-18(10-15)30-19(12-22)13-23)29-16-3-2-4-20(6-5-16)31(27)28/h3-11,14,19,27-28H,2,12-13H2,1H3,(H,24,25,26)/b8-7-. The molecule has 1 aromatic carbocycles. The van der Waals surface area contributed by atoms with E-state index in [0.717, 1.165) is 0 Å². The maximum absolute atomic E-state index is 12.9. The van der Waals surface area contributed by atoms with Crippen molar-refractivity contribution >= 4 is 32.4 Å². The smallest absolute Gasteiger partial charge is 0.256 e. The van der Waals surface area contributed by atoms with Crippen LogP contribution in [0.1, 0.15) is 16.8 Å². The lowest BCUT2D eigenvalue weighted by atomic mass is 10.2. The number of alkyl halides is 2. The average Bonchev–Trinajstić information content (AvgIpc) is 3.02. The lowest BCUT2D eigenvalue weighted by Crippen LogP contribution is -2.23. The van der Waals surface area contributed by atoms with Crippen LogP contribution in [0, 0.1) is 0 Å². The topological polar surface area (TPSA) is 100 Å². The van der Waals surface area contributed by atoms with Gasteiger partial charge in [-0.25, -0.2) is 13.8 Å². The minimum absolute atomic E-state index is 0.0541. The van der Waals surface area contributed by atoms with Gasteiger partial charge in [0.15, 0.2) is 14.5 Å². The predicted molar refractivity (Wildman–Crippen MR) is 123 cm³/mol. The van der Waals surface area contributed by atoms with Crippen LogP contribution in [0.15, 0.2) is 70.2 Å². The van der Waals surface area contributed by atoms with E-state index in [9.17, 15) is 23.4 Å². The molecule has 1 aliphatic carbocycles. The van der Waals surface area contributed by atoms with Crippen LogP contribution >= 0.6 is 20.1 Å². The number of ether oxygens (including phenoxy) is 2. The maximum Gasteiger partial charge on any atom is 0.256 e. The van der Waals surface area contributed by atoms with E-state index in [1.165, 1.54) is 48.6 Å². The van der Waals surface area contributed by atoms with Crippen LogP contribution in [0.25, 0.3) is 0 Å². The normalized spacial score (nSPS) is 14.1. The molecule has 0 saturated heterocycles. The summed E-state index contributed by atoms with van der Waals surface area (Å²) in [4.78, 5) is 35.1. The summed E-state index contributed by atoms with van der Waals surface area (Å²) in [6, 6.07) is 4.18. The number of thioether (sulfide) groups is 1. The molecule has 0 radical (unpaired) electrons. The van der Waals surface area contributed by atoms with Gasteiger partial charge in [-0.05, 0) is 48.4 Å². The number of rotatable bonds is 11. The lowest BCUT2D eigenvalue weighted by Gasteiger charge is -2.15. The van der Waals surface area contributed by atoms with Crippen molar-refractivity contribution in [3.63, 3.8) is 0 Å². The molecule has 0 saturated carbocycles. The van der Waals surface area contributed by atoms with Crippen molar-refractivity contribution in [2.75, 3.05) is 19.6 Å². The quantitative estimate of drug-likeness (QED) is 0.245. The third kappa shape index (κ3) is 8.55. The summed E-state index contributed by atoms with van der Waals surface area (Å²) in [6.45, 7) is -2.07. The molecule has 0 aliphatic heterocycles. The van der Waals surface area contributed by atoms with Crippen molar-refractivity contribution in [2.45, 2.75) is 12.5 Å². The highest BCUT2D eigenvalue weighted by Crippen LogP contribution is 2.37. The first-order valence-corrected chi connectivity index (χ1v) is 11.9. The fourth-order valence-electron chi connectivity index (χ4n) is 2.40. The molecule has 11 heteroatoms. The van der Waals surface area contributed by atoms with E-state index >= 15 is 0 Å². The third-order valence-electron chi connectivity index (χ3n) is 3.87. The second-order valence-corrected chi connectivity index (χ2v) is 8.05. The summed E-state index contributed by atoms with van der Waals surface area (Å²) in [5, 5.41) is 4.58. The number of amides is 1. The highest BCUT2D eigenvalue weighted by atomic mass is 32.2. The molecule has 0 fully saturated rings. The largest absolute Gasteiger partial charge is 0.485 e. The molecule has 0 unspecified atom stereocenters. The highest BCUT2D eigenvalue weighted by Gasteiger charge is 2.15. The highest BCUT2D eigenvalue weighted by molar-refractivity contribution is 8.01. The Hall–Kier alpha value is -2.52. The van der Waals surface area contributed by atoms with E-state index in [1.807, 2.05) is 6.26 Å². The number of hydrogen-bond acceptors (Lipinski definition) is 7. The van der Waals surface area contributed by atoms with E-state index < -0.39 is 33.7 Å². The van der Waals surface area contributed by atoms with Gasteiger partial charge in [0.1, 0.15) is 30.6 Å². The molecule has 2 rings (SSSR count). The van der Waals surface area contributed by atoms with Gasteiger partial charge in [-0.2, -0.15) is 0 Å². The number of nitrogens with zero attached hydrogens (tertiary/aromatic N) is 1. The summed E-state index contributed by atoms with van der Waals surface area (Å²) >= 11 is 1.45. The van der Waals surface area contributed by atoms with Crippen molar-refractivity contribution in [3.05, 3.63) is 70.7 Å². The molecular formula is C21H23F2N2O5PS. The lowest BCUT2D eigenvalue weighted by molar-refractivity contribution is 0.0976. The van der Waals surface area contributed by atoms with E-state index in [0.29, 0.717) is 17.5 Å². The first kappa shape index (κ1) is 25.7. The van der Waals surface area contributed by atoms with Crippen molar-refractivity contribution < 1.29 is 32.8 Å². The maximum atomic E-state index is 12.9. The van der Waals surface area contributed by atoms with Crippen molar-refractivity contribution in [1.82, 2.24) is 5.32 Å². The summed E-state index contributed by atoms with van der Waals surface area (Å²) in [7, 11) is -2.23. The van der Waals surface area contributed by atoms with Crippen LogP contribution < -0.4 is 14.8 Å². The van der Waals surface area contributed by atoms with Crippen LogP contribution in [-0.4, -0.2) is 47.7 Å². The van der Waals surface area contributed by atoms with E-state index in [-0.39, 0.29) is 17.1 Å². The van der Waals surface area contributed by atoms with Gasteiger partial charge in [-0.3, -0.25) is 4.79 Å². The van der Waals surface area contributed by atoms with Crippen LogP contribution in [0.5, 0.6) is 11.5 Å². The molecule has 0 bridgehead atoms. The Morgan fingerprint density at radius 1 is 1.25 bits per heavy atom. The zero-order valence-corrected chi connectivity index (χ0v) is 18.9. The van der Waals surface area contributed by atoms with Crippen LogP contribution in [-0.2, 0) is 0 Å². The molecule has 0 heterocycles. The van der Waals surface area contributed by atoms with Crippen LogP contribution in [0.4, 0.5) is 8.78 Å². The van der Waals surface area contributed by atoms with Gasteiger partial charge in [0, 0.05) is 23.1 Å². The monoisotopic (exact) mass is 484 g/mol. The number of hydrogen-bond donors (Lipinski definition) is 3. The number of carbonyl (C=O) groups is 1. The Morgan fingerprint density at radius 3 is 2.69 bits per heavy atom. The van der Waals surface area contributed by atoms with Gasteiger partial charge in [-0.1, -0.05) is 6.08 Å². The number of benzene rings is 1. The number of aliphatic imine (C=N–C) groups is 1. The van der Waals surface area contributed by atoms with E-state index in [1.54, 1.807) is 23.6 Å². The molecule has 0 spiro atoms. The number of nitrogens with one attached hydrogen (secondary N) is 1. The summed E-state index contributed by atoms with van der Waals surface area (Å²) in [5.74, 6) is 0.100. The zero-order chi connectivity index (χ0) is 23.3. The van der Waals surface area contributed by atoms with E-state index in [2.05, 4.69) is 10.3 Å². The molecule has 172 valence electrons. The second-order valence-electron chi connectivity index (χ2n) is 6.21. The van der Waals surface area contributed by atoms with Crippen LogP contribution in [0.2, 0.25) is 0 Å². The van der Waals surface area contributed by atoms with Crippen molar-refractivity contribution in [2.24, 2.45) is 4.99 Å². The molecule has 1 aromatic rings. The molecule has 3 N–H and O–H groups in total. The zero-order valence-electron chi connectivity index (χ0n) is 17.1. The molecule has 7 nitrogen and oxygen atoms in total. The van der Waals surface area contributed by atoms with Crippen LogP contribution in [0.3, 0.4) is 0 Å². The number of allylic oxidation sites excluding steroid dienone is 5. The Balaban J connectivity index is 2.25. The SMILES string of the molecule is CS/C=C\N=CNC(=O)c1cc(OC2=CCC=C(P(O)O)C=C2)cc(OC(CF)CF)c1. The van der Waals surface area contributed by atoms with Gasteiger partial charge in [-0.15, -0.1) is 11.8 Å². The molecule has 0 aromatic heterocycles. The Labute approximate surface area is 190 Å². The fraction of sp³-hybridized carbons (Fsp3) is 0.238. The molecule has 1 aliphatic rings. The first-order valence-electron chi connectivity index (χ1n) is 9.35. The minimum atomic E-state index is -2.23. The average molecular weight is 484 g/mol. The third-order valence-corrected chi connectivity index (χ3v) is 5.06. The molecule has 0 atom stereocenters. The van der Waals surface area contributed by atoms with Gasteiger partial charge in [0.05, 0.1) is 6.34 Å². The Morgan fingerprint density at radius 2 is 2.00 bits per heavy atom. The first-order chi connectivity index (χ1) is 15.5.